The Hall–Kier alpha value is -2.82. The van der Waals surface area contributed by atoms with E-state index in [9.17, 15) is 24.9 Å². The Morgan fingerprint density at radius 1 is 1.02 bits per heavy atom. The second-order valence-electron chi connectivity index (χ2n) is 15.9. The molecular formula is C40H59NO9. The molecular weight excluding hydrogens is 638 g/mol. The van der Waals surface area contributed by atoms with Crippen LogP contribution in [0.5, 0.6) is 0 Å². The number of ketones is 1. The molecule has 4 aliphatic rings. The Labute approximate surface area is 297 Å². The van der Waals surface area contributed by atoms with E-state index in [2.05, 4.69) is 12.1 Å². The molecule has 50 heavy (non-hydrogen) atoms. The van der Waals surface area contributed by atoms with E-state index in [1.165, 1.54) is 32.1 Å². The van der Waals surface area contributed by atoms with E-state index in [-0.39, 0.29) is 35.7 Å². The van der Waals surface area contributed by atoms with Gasteiger partial charge in [-0.2, -0.15) is 0 Å². The zero-order valence-electron chi connectivity index (χ0n) is 31.2. The van der Waals surface area contributed by atoms with E-state index in [4.69, 9.17) is 14.0 Å². The van der Waals surface area contributed by atoms with Crippen LogP contribution in [0.4, 0.5) is 0 Å². The van der Waals surface area contributed by atoms with E-state index < -0.39 is 64.6 Å². The maximum atomic E-state index is 15.0. The average molecular weight is 698 g/mol. The molecule has 2 unspecified atom stereocenters. The van der Waals surface area contributed by atoms with Crippen molar-refractivity contribution in [1.29, 1.82) is 0 Å². The fraction of sp³-hybridized carbons (Fsp3) is 0.750. The largest absolute Gasteiger partial charge is 0.458 e. The van der Waals surface area contributed by atoms with Gasteiger partial charge in [0.25, 0.3) is 0 Å². The number of aliphatic hydroxyl groups is 3. The Morgan fingerprint density at radius 3 is 2.26 bits per heavy atom. The van der Waals surface area contributed by atoms with Gasteiger partial charge in [-0.1, -0.05) is 110 Å². The number of allylic oxidation sites excluding steroid dienone is 1. The molecule has 0 aromatic carbocycles. The summed E-state index contributed by atoms with van der Waals surface area (Å²) in [5.41, 5.74) is -4.54. The number of carbonyl (C=O) groups excluding carboxylic acids is 3. The topological polar surface area (TPSA) is 156 Å². The standard InChI is InChI=1S/C40H59NO9/c1-8-11-12-13-14-15-16-17-18-19-30(43)49-39-22-25(5)38-21-24(4)35(48-36(46)31-28(9-2)41-50-29(31)10-3)40(38,47)33(44)26(23-42)20-27(34(38)45)32(39)37(39,6)7/h20-21,25,27,32-33,35,42,44,47H,8-19,22-23H2,1-7H3/t25?,27-,32-,33+,35-,38?,39-,40-/m0/s1. The molecule has 1 aromatic heterocycles. The molecule has 3 N–H and O–H groups in total. The zero-order chi connectivity index (χ0) is 36.6. The van der Waals surface area contributed by atoms with Gasteiger partial charge in [0.15, 0.2) is 23.2 Å². The first kappa shape index (κ1) is 38.4. The number of rotatable bonds is 16. The molecule has 8 atom stereocenters. The molecule has 0 amide bonds. The summed E-state index contributed by atoms with van der Waals surface area (Å²) in [6.07, 6.45) is 11.6. The second kappa shape index (κ2) is 14.7. The van der Waals surface area contributed by atoms with Gasteiger partial charge in [0.2, 0.25) is 0 Å². The molecule has 2 fully saturated rings. The third-order valence-corrected chi connectivity index (χ3v) is 12.7. The Bertz CT molecular complexity index is 1490. The number of Topliss-reactive ketones (excluding diaryl/α,β-unsaturated/α-hetero) is 1. The molecule has 1 heterocycles. The van der Waals surface area contributed by atoms with Gasteiger partial charge in [0.05, 0.1) is 17.7 Å². The van der Waals surface area contributed by atoms with Crippen LogP contribution in [0.3, 0.4) is 0 Å². The van der Waals surface area contributed by atoms with Crippen LogP contribution in [0.15, 0.2) is 27.8 Å². The van der Waals surface area contributed by atoms with Crippen LogP contribution in [0.25, 0.3) is 0 Å². The summed E-state index contributed by atoms with van der Waals surface area (Å²) in [6.45, 7) is 12.8. The molecule has 278 valence electrons. The lowest BCUT2D eigenvalue weighted by Gasteiger charge is -2.49. The fourth-order valence-corrected chi connectivity index (χ4v) is 9.97. The number of nitrogens with zero attached hydrogens (tertiary/aromatic N) is 1. The average Bonchev–Trinajstić information content (AvgIpc) is 3.32. The predicted octanol–water partition coefficient (Wildman–Crippen LogP) is 6.38. The highest BCUT2D eigenvalue weighted by molar-refractivity contribution is 5.97. The van der Waals surface area contributed by atoms with E-state index in [1.807, 2.05) is 34.6 Å². The summed E-state index contributed by atoms with van der Waals surface area (Å²) in [4.78, 5) is 42.3. The first-order valence-electron chi connectivity index (χ1n) is 19.1. The summed E-state index contributed by atoms with van der Waals surface area (Å²) >= 11 is 0. The number of fused-ring (bicyclic) bond motifs is 3. The van der Waals surface area contributed by atoms with Crippen molar-refractivity contribution in [3.8, 4) is 0 Å². The highest BCUT2D eigenvalue weighted by atomic mass is 16.6. The molecule has 10 heteroatoms. The van der Waals surface area contributed by atoms with E-state index >= 15 is 4.79 Å². The SMILES string of the molecule is CCCCCCCCCCCC(=O)O[C@@]12CC(C)C34C=C(C)[C@H](OC(=O)c5c(CC)noc5CC)[C@@]3(O)[C@H](O)C(CO)=C[C@H](C4=O)[C@H]1C2(C)C. The molecule has 10 nitrogen and oxygen atoms in total. The quantitative estimate of drug-likeness (QED) is 0.101. The Balaban J connectivity index is 1.42. The summed E-state index contributed by atoms with van der Waals surface area (Å²) in [5, 5.41) is 39.4. The Kier molecular flexibility index (Phi) is 11.3. The Morgan fingerprint density at radius 2 is 1.66 bits per heavy atom. The van der Waals surface area contributed by atoms with Crippen molar-refractivity contribution in [1.82, 2.24) is 5.16 Å². The number of aryl methyl sites for hydroxylation is 2. The number of hydrogen-bond acceptors (Lipinski definition) is 10. The van der Waals surface area contributed by atoms with Crippen molar-refractivity contribution in [2.24, 2.45) is 28.6 Å². The lowest BCUT2D eigenvalue weighted by Crippen LogP contribution is -2.66. The van der Waals surface area contributed by atoms with Gasteiger partial charge < -0.3 is 29.3 Å². The lowest BCUT2D eigenvalue weighted by molar-refractivity contribution is -0.192. The zero-order valence-corrected chi connectivity index (χ0v) is 31.2. The number of carbonyl (C=O) groups is 3. The molecule has 5 rings (SSSR count). The molecule has 4 aliphatic carbocycles. The van der Waals surface area contributed by atoms with Crippen LogP contribution in [0.2, 0.25) is 0 Å². The number of aliphatic hydroxyl groups excluding tert-OH is 2. The normalized spacial score (nSPS) is 33.8. The molecule has 0 saturated heterocycles. The highest BCUT2D eigenvalue weighted by Gasteiger charge is 2.83. The first-order chi connectivity index (χ1) is 23.7. The molecule has 2 bridgehead atoms. The van der Waals surface area contributed by atoms with Crippen molar-refractivity contribution in [3.05, 3.63) is 40.3 Å². The van der Waals surface area contributed by atoms with Crippen LogP contribution in [-0.4, -0.2) is 68.2 Å². The van der Waals surface area contributed by atoms with Gasteiger partial charge >= 0.3 is 11.9 Å². The monoisotopic (exact) mass is 697 g/mol. The molecule has 1 spiro atoms. The van der Waals surface area contributed by atoms with Gasteiger partial charge in [-0.3, -0.25) is 9.59 Å². The number of hydrogen-bond donors (Lipinski definition) is 3. The maximum absolute atomic E-state index is 15.0. The minimum atomic E-state index is -2.34. The summed E-state index contributed by atoms with van der Waals surface area (Å²) in [6, 6.07) is 0. The van der Waals surface area contributed by atoms with Crippen LogP contribution in [-0.2, 0) is 31.9 Å². The smallest absolute Gasteiger partial charge is 0.344 e. The van der Waals surface area contributed by atoms with Crippen molar-refractivity contribution in [2.75, 3.05) is 6.61 Å². The van der Waals surface area contributed by atoms with Crippen LogP contribution in [0.1, 0.15) is 141 Å². The number of esters is 2. The van der Waals surface area contributed by atoms with Crippen molar-refractivity contribution in [3.63, 3.8) is 0 Å². The lowest BCUT2D eigenvalue weighted by atomic mass is 9.59. The minimum Gasteiger partial charge on any atom is -0.458 e. The second-order valence-corrected chi connectivity index (χ2v) is 15.9. The number of unbranched alkanes of at least 4 members (excludes halogenated alkanes) is 8. The summed E-state index contributed by atoms with van der Waals surface area (Å²) in [5.74, 6) is -3.00. The van der Waals surface area contributed by atoms with Gasteiger partial charge in [0.1, 0.15) is 17.3 Å². The predicted molar refractivity (Wildman–Crippen MR) is 187 cm³/mol. The van der Waals surface area contributed by atoms with Crippen molar-refractivity contribution in [2.45, 2.75) is 155 Å². The van der Waals surface area contributed by atoms with E-state index in [1.54, 1.807) is 19.1 Å². The maximum Gasteiger partial charge on any atom is 0.344 e. The van der Waals surface area contributed by atoms with Gasteiger partial charge in [-0.15, -0.1) is 0 Å². The first-order valence-corrected chi connectivity index (χ1v) is 19.1. The van der Waals surface area contributed by atoms with Crippen molar-refractivity contribution >= 4 is 17.7 Å². The summed E-state index contributed by atoms with van der Waals surface area (Å²) in [7, 11) is 0. The molecule has 0 radical (unpaired) electrons. The third-order valence-electron chi connectivity index (χ3n) is 12.7. The number of ether oxygens (including phenoxy) is 2. The molecule has 2 saturated carbocycles. The van der Waals surface area contributed by atoms with Gasteiger partial charge in [-0.05, 0) is 43.3 Å². The molecule has 0 aliphatic heterocycles. The van der Waals surface area contributed by atoms with Crippen LogP contribution >= 0.6 is 0 Å². The number of aromatic nitrogens is 1. The van der Waals surface area contributed by atoms with E-state index in [0.29, 0.717) is 29.9 Å². The third kappa shape index (κ3) is 5.91. The van der Waals surface area contributed by atoms with Crippen molar-refractivity contribution < 1.29 is 43.7 Å². The minimum absolute atomic E-state index is 0.0667. The van der Waals surface area contributed by atoms with E-state index in [0.717, 1.165) is 25.7 Å². The van der Waals surface area contributed by atoms with Gasteiger partial charge in [0, 0.05) is 30.1 Å². The summed E-state index contributed by atoms with van der Waals surface area (Å²) < 4.78 is 17.9. The fourth-order valence-electron chi connectivity index (χ4n) is 9.97. The van der Waals surface area contributed by atoms with Crippen LogP contribution in [0, 0.1) is 28.6 Å². The molecule has 1 aromatic rings. The van der Waals surface area contributed by atoms with Crippen LogP contribution < -0.4 is 0 Å². The highest BCUT2D eigenvalue weighted by Crippen LogP contribution is 2.75. The van der Waals surface area contributed by atoms with Gasteiger partial charge in [-0.25, -0.2) is 4.79 Å².